The molecule has 1 fully saturated rings. The van der Waals surface area contributed by atoms with E-state index < -0.39 is 17.2 Å². The zero-order valence-corrected chi connectivity index (χ0v) is 20.0. The van der Waals surface area contributed by atoms with E-state index in [1.807, 2.05) is 19.1 Å². The van der Waals surface area contributed by atoms with E-state index in [9.17, 15) is 14.4 Å². The molecule has 1 heterocycles. The third-order valence-electron chi connectivity index (χ3n) is 5.58. The molecule has 0 spiro atoms. The lowest BCUT2D eigenvalue weighted by molar-refractivity contribution is -0.154. The Morgan fingerprint density at radius 2 is 1.84 bits per heavy atom. The number of carbonyl (C=O) groups excluding carboxylic acids is 3. The van der Waals surface area contributed by atoms with Gasteiger partial charge in [-0.25, -0.2) is 4.79 Å². The maximum atomic E-state index is 13.7. The van der Waals surface area contributed by atoms with Crippen LogP contribution in [0.4, 0.5) is 4.79 Å². The molecule has 1 aliphatic heterocycles. The number of likely N-dealkylation sites (tertiary alicyclic amines) is 1. The number of halogens is 1. The number of methoxy groups -OCH3 is 1. The van der Waals surface area contributed by atoms with Crippen LogP contribution in [0, 0.1) is 0 Å². The van der Waals surface area contributed by atoms with Crippen molar-refractivity contribution in [3.8, 4) is 0 Å². The number of rotatable bonds is 7. The van der Waals surface area contributed by atoms with Gasteiger partial charge in [-0.1, -0.05) is 23.7 Å². The van der Waals surface area contributed by atoms with Crippen LogP contribution in [-0.4, -0.2) is 59.1 Å². The van der Waals surface area contributed by atoms with Crippen molar-refractivity contribution in [2.24, 2.45) is 0 Å². The summed E-state index contributed by atoms with van der Waals surface area (Å²) in [6, 6.07) is 7.05. The first kappa shape index (κ1) is 25.0. The molecule has 2 rings (SSSR count). The highest BCUT2D eigenvalue weighted by Crippen LogP contribution is 2.36. The van der Waals surface area contributed by atoms with Crippen LogP contribution < -0.4 is 0 Å². The molecule has 0 saturated carbocycles. The van der Waals surface area contributed by atoms with Crippen molar-refractivity contribution in [3.05, 3.63) is 34.9 Å². The van der Waals surface area contributed by atoms with Crippen molar-refractivity contribution in [3.63, 3.8) is 0 Å². The SMILES string of the molecule is COC(=O)CCCN(C(=O)[C@@]1(C)CCN1C(=O)OC(C)(C)C)[C@@H](C)c1ccc(Cl)cc1. The monoisotopic (exact) mass is 452 g/mol. The molecule has 0 aliphatic carbocycles. The molecule has 31 heavy (non-hydrogen) atoms. The molecular weight excluding hydrogens is 420 g/mol. The van der Waals surface area contributed by atoms with Gasteiger partial charge < -0.3 is 14.4 Å². The summed E-state index contributed by atoms with van der Waals surface area (Å²) in [4.78, 5) is 41.1. The first-order chi connectivity index (χ1) is 14.4. The summed E-state index contributed by atoms with van der Waals surface area (Å²) in [5.41, 5.74) is -0.718. The molecule has 1 aliphatic rings. The number of nitrogens with zero attached hydrogens (tertiary/aromatic N) is 2. The molecule has 0 N–H and O–H groups in total. The van der Waals surface area contributed by atoms with Crippen molar-refractivity contribution in [2.45, 2.75) is 71.1 Å². The minimum absolute atomic E-state index is 0.170. The maximum Gasteiger partial charge on any atom is 0.411 e. The van der Waals surface area contributed by atoms with E-state index in [1.165, 1.54) is 12.0 Å². The summed E-state index contributed by atoms with van der Waals surface area (Å²) < 4.78 is 10.2. The topological polar surface area (TPSA) is 76.2 Å². The van der Waals surface area contributed by atoms with E-state index in [2.05, 4.69) is 0 Å². The van der Waals surface area contributed by atoms with E-state index in [4.69, 9.17) is 21.1 Å². The Kier molecular flexibility index (Phi) is 7.98. The lowest BCUT2D eigenvalue weighted by Crippen LogP contribution is -2.68. The second kappa shape index (κ2) is 9.90. The highest BCUT2D eigenvalue weighted by molar-refractivity contribution is 6.30. The van der Waals surface area contributed by atoms with Crippen LogP contribution in [0.25, 0.3) is 0 Å². The average Bonchev–Trinajstić information content (AvgIpc) is 2.67. The van der Waals surface area contributed by atoms with Crippen LogP contribution in [0.15, 0.2) is 24.3 Å². The highest BCUT2D eigenvalue weighted by Gasteiger charge is 2.53. The number of amides is 2. The molecule has 8 heteroatoms. The predicted octanol–water partition coefficient (Wildman–Crippen LogP) is 4.58. The van der Waals surface area contributed by atoms with Gasteiger partial charge in [0, 0.05) is 24.5 Å². The summed E-state index contributed by atoms with van der Waals surface area (Å²) >= 11 is 6.01. The highest BCUT2D eigenvalue weighted by atomic mass is 35.5. The van der Waals surface area contributed by atoms with Crippen molar-refractivity contribution in [1.29, 1.82) is 0 Å². The molecule has 0 aromatic heterocycles. The zero-order chi connectivity index (χ0) is 23.4. The minimum atomic E-state index is -0.992. The number of carbonyl (C=O) groups is 3. The summed E-state index contributed by atoms with van der Waals surface area (Å²) in [5.74, 6) is -0.492. The molecule has 1 aromatic carbocycles. The Morgan fingerprint density at radius 1 is 1.23 bits per heavy atom. The summed E-state index contributed by atoms with van der Waals surface area (Å²) in [6.07, 6.45) is 0.716. The quantitative estimate of drug-likeness (QED) is 0.566. The number of ether oxygens (including phenoxy) is 2. The molecule has 0 unspecified atom stereocenters. The van der Waals surface area contributed by atoms with Gasteiger partial charge >= 0.3 is 12.1 Å². The number of hydrogen-bond acceptors (Lipinski definition) is 5. The van der Waals surface area contributed by atoms with Crippen molar-refractivity contribution < 1.29 is 23.9 Å². The molecule has 2 atom stereocenters. The van der Waals surface area contributed by atoms with Crippen LogP contribution in [-0.2, 0) is 19.1 Å². The molecule has 172 valence electrons. The lowest BCUT2D eigenvalue weighted by atomic mass is 9.84. The maximum absolute atomic E-state index is 13.7. The van der Waals surface area contributed by atoms with E-state index in [1.54, 1.807) is 44.7 Å². The molecule has 0 radical (unpaired) electrons. The minimum Gasteiger partial charge on any atom is -0.469 e. The van der Waals surface area contributed by atoms with Crippen LogP contribution in [0.2, 0.25) is 5.02 Å². The molecular formula is C23H33ClN2O5. The van der Waals surface area contributed by atoms with E-state index >= 15 is 0 Å². The fourth-order valence-corrected chi connectivity index (χ4v) is 3.71. The first-order valence-corrected chi connectivity index (χ1v) is 10.9. The molecule has 1 saturated heterocycles. The van der Waals surface area contributed by atoms with Crippen LogP contribution in [0.1, 0.15) is 65.5 Å². The van der Waals surface area contributed by atoms with E-state index in [0.717, 1.165) is 5.56 Å². The zero-order valence-electron chi connectivity index (χ0n) is 19.2. The van der Waals surface area contributed by atoms with Gasteiger partial charge in [0.15, 0.2) is 0 Å². The van der Waals surface area contributed by atoms with Gasteiger partial charge in [0.1, 0.15) is 11.1 Å². The lowest BCUT2D eigenvalue weighted by Gasteiger charge is -2.51. The summed E-state index contributed by atoms with van der Waals surface area (Å²) in [6.45, 7) is 9.91. The second-order valence-electron chi connectivity index (χ2n) is 9.06. The van der Waals surface area contributed by atoms with Crippen molar-refractivity contribution >= 4 is 29.6 Å². The van der Waals surface area contributed by atoms with Crippen LogP contribution >= 0.6 is 11.6 Å². The van der Waals surface area contributed by atoms with Gasteiger partial charge in [-0.3, -0.25) is 14.5 Å². The van der Waals surface area contributed by atoms with Gasteiger partial charge in [-0.2, -0.15) is 0 Å². The molecule has 7 nitrogen and oxygen atoms in total. The Hall–Kier alpha value is -2.28. The number of benzene rings is 1. The predicted molar refractivity (Wildman–Crippen MR) is 119 cm³/mol. The Labute approximate surface area is 189 Å². The van der Waals surface area contributed by atoms with E-state index in [0.29, 0.717) is 31.0 Å². The fourth-order valence-electron chi connectivity index (χ4n) is 3.59. The molecule has 0 bridgehead atoms. The number of hydrogen-bond donors (Lipinski definition) is 0. The van der Waals surface area contributed by atoms with Crippen molar-refractivity contribution in [2.75, 3.05) is 20.2 Å². The molecule has 2 amide bonds. The van der Waals surface area contributed by atoms with E-state index in [-0.39, 0.29) is 24.3 Å². The summed E-state index contributed by atoms with van der Waals surface area (Å²) in [5, 5.41) is 0.613. The Balaban J connectivity index is 2.24. The van der Waals surface area contributed by atoms with Gasteiger partial charge in [0.2, 0.25) is 5.91 Å². The van der Waals surface area contributed by atoms with Gasteiger partial charge in [0.05, 0.1) is 13.2 Å². The molecule has 1 aromatic rings. The second-order valence-corrected chi connectivity index (χ2v) is 9.50. The normalized spacial score (nSPS) is 19.3. The van der Waals surface area contributed by atoms with Gasteiger partial charge in [-0.05, 0) is 65.2 Å². The Bertz CT molecular complexity index is 805. The standard InChI is InChI=1S/C23H33ClN2O5/c1-16(17-9-11-18(24)12-10-17)25(14-7-8-19(27)30-6)20(28)23(5)13-15-26(23)21(29)31-22(2,3)4/h9-12,16H,7-8,13-15H2,1-6H3/t16-,23+/m0/s1. The van der Waals surface area contributed by atoms with Gasteiger partial charge in [-0.15, -0.1) is 0 Å². The van der Waals surface area contributed by atoms with Crippen LogP contribution in [0.3, 0.4) is 0 Å². The van der Waals surface area contributed by atoms with Crippen molar-refractivity contribution in [1.82, 2.24) is 9.80 Å². The first-order valence-electron chi connectivity index (χ1n) is 10.5. The smallest absolute Gasteiger partial charge is 0.411 e. The summed E-state index contributed by atoms with van der Waals surface area (Å²) in [7, 11) is 1.34. The van der Waals surface area contributed by atoms with Gasteiger partial charge in [0.25, 0.3) is 0 Å². The largest absolute Gasteiger partial charge is 0.469 e. The Morgan fingerprint density at radius 3 is 2.32 bits per heavy atom. The third-order valence-corrected chi connectivity index (χ3v) is 5.83. The third kappa shape index (κ3) is 6.12. The fraction of sp³-hybridized carbons (Fsp3) is 0.609. The average molecular weight is 453 g/mol. The number of esters is 1. The van der Waals surface area contributed by atoms with Crippen LogP contribution in [0.5, 0.6) is 0 Å².